The third-order valence-corrected chi connectivity index (χ3v) is 4.26. The number of hydrazine groups is 1. The number of benzene rings is 2. The van der Waals surface area contributed by atoms with Gasteiger partial charge in [-0.2, -0.15) is 0 Å². The monoisotopic (exact) mass is 467 g/mol. The van der Waals surface area contributed by atoms with E-state index in [1.807, 2.05) is 0 Å². The molecule has 0 atom stereocenters. The van der Waals surface area contributed by atoms with Crippen LogP contribution in [0.3, 0.4) is 0 Å². The molecule has 0 aliphatic carbocycles. The number of halogens is 2. The molecular formula is C20H19Cl2N3O6. The summed E-state index contributed by atoms with van der Waals surface area (Å²) in [5.41, 5.74) is 4.93. The van der Waals surface area contributed by atoms with Crippen LogP contribution in [0.2, 0.25) is 10.0 Å². The van der Waals surface area contributed by atoms with Gasteiger partial charge in [0.05, 0.1) is 19.2 Å². The predicted octanol–water partition coefficient (Wildman–Crippen LogP) is 2.73. The van der Waals surface area contributed by atoms with Crippen LogP contribution in [0.15, 0.2) is 42.5 Å². The predicted molar refractivity (Wildman–Crippen MR) is 114 cm³/mol. The highest BCUT2D eigenvalue weighted by molar-refractivity contribution is 6.31. The summed E-state index contributed by atoms with van der Waals surface area (Å²) in [6.07, 6.45) is -0.428. The van der Waals surface area contributed by atoms with Crippen LogP contribution in [0.5, 0.6) is 5.75 Å². The van der Waals surface area contributed by atoms with Gasteiger partial charge in [-0.05, 0) is 42.5 Å². The molecule has 0 saturated heterocycles. The lowest BCUT2D eigenvalue weighted by molar-refractivity contribution is -0.149. The third-order valence-electron chi connectivity index (χ3n) is 3.78. The molecule has 31 heavy (non-hydrogen) atoms. The lowest BCUT2D eigenvalue weighted by atomic mass is 10.2. The molecule has 164 valence electrons. The van der Waals surface area contributed by atoms with Gasteiger partial charge < -0.3 is 14.8 Å². The number of hydrogen-bond donors (Lipinski definition) is 3. The molecule has 2 aromatic rings. The van der Waals surface area contributed by atoms with E-state index in [4.69, 9.17) is 32.7 Å². The van der Waals surface area contributed by atoms with Crippen LogP contribution in [0.4, 0.5) is 5.69 Å². The molecule has 0 bridgehead atoms. The second-order valence-corrected chi connectivity index (χ2v) is 6.94. The summed E-state index contributed by atoms with van der Waals surface area (Å²) < 4.78 is 9.90. The van der Waals surface area contributed by atoms with E-state index in [9.17, 15) is 19.2 Å². The maximum atomic E-state index is 12.0. The van der Waals surface area contributed by atoms with E-state index < -0.39 is 30.3 Å². The van der Waals surface area contributed by atoms with Gasteiger partial charge in [0.1, 0.15) is 5.75 Å². The van der Waals surface area contributed by atoms with Crippen LogP contribution in [-0.2, 0) is 19.1 Å². The minimum absolute atomic E-state index is 0.177. The van der Waals surface area contributed by atoms with Crippen molar-refractivity contribution in [2.24, 2.45) is 0 Å². The van der Waals surface area contributed by atoms with E-state index in [1.165, 1.54) is 37.4 Å². The lowest BCUT2D eigenvalue weighted by Gasteiger charge is -2.10. The molecule has 2 aromatic carbocycles. The Kier molecular flexibility index (Phi) is 9.11. The number of carbonyl (C=O) groups is 4. The molecule has 0 unspecified atom stereocenters. The van der Waals surface area contributed by atoms with Crippen molar-refractivity contribution in [3.63, 3.8) is 0 Å². The van der Waals surface area contributed by atoms with E-state index in [1.54, 1.807) is 12.1 Å². The highest BCUT2D eigenvalue weighted by atomic mass is 35.5. The van der Waals surface area contributed by atoms with Gasteiger partial charge >= 0.3 is 5.97 Å². The fourth-order valence-electron chi connectivity index (χ4n) is 2.26. The zero-order valence-electron chi connectivity index (χ0n) is 16.4. The normalized spacial score (nSPS) is 10.0. The second kappa shape index (κ2) is 11.8. The van der Waals surface area contributed by atoms with Crippen molar-refractivity contribution in [3.8, 4) is 5.75 Å². The number of rotatable bonds is 8. The van der Waals surface area contributed by atoms with Crippen LogP contribution in [0.1, 0.15) is 23.2 Å². The molecule has 3 N–H and O–H groups in total. The molecule has 0 fully saturated rings. The van der Waals surface area contributed by atoms with Crippen molar-refractivity contribution in [2.75, 3.05) is 19.0 Å². The number of ether oxygens (including phenoxy) is 2. The van der Waals surface area contributed by atoms with Crippen molar-refractivity contribution in [2.45, 2.75) is 12.8 Å². The molecule has 9 nitrogen and oxygen atoms in total. The Morgan fingerprint density at radius 2 is 1.55 bits per heavy atom. The van der Waals surface area contributed by atoms with Crippen LogP contribution < -0.4 is 20.9 Å². The first-order valence-corrected chi connectivity index (χ1v) is 9.68. The molecular weight excluding hydrogens is 449 g/mol. The van der Waals surface area contributed by atoms with Crippen LogP contribution in [0.25, 0.3) is 0 Å². The van der Waals surface area contributed by atoms with Gasteiger partial charge in [0.15, 0.2) is 6.61 Å². The van der Waals surface area contributed by atoms with E-state index in [-0.39, 0.29) is 18.4 Å². The molecule has 11 heteroatoms. The zero-order valence-corrected chi connectivity index (χ0v) is 17.9. The Morgan fingerprint density at radius 1 is 0.871 bits per heavy atom. The molecule has 0 aromatic heterocycles. The summed E-state index contributed by atoms with van der Waals surface area (Å²) in [6.45, 7) is -0.622. The quantitative estimate of drug-likeness (QED) is 0.405. The van der Waals surface area contributed by atoms with Crippen molar-refractivity contribution in [1.82, 2.24) is 10.9 Å². The largest absolute Gasteiger partial charge is 0.495 e. The number of esters is 1. The van der Waals surface area contributed by atoms with Crippen molar-refractivity contribution >= 4 is 52.6 Å². The van der Waals surface area contributed by atoms with Gasteiger partial charge in [-0.1, -0.05) is 23.2 Å². The molecule has 2 rings (SSSR count). The smallest absolute Gasteiger partial charge is 0.306 e. The Hall–Kier alpha value is -3.30. The van der Waals surface area contributed by atoms with Crippen molar-refractivity contribution in [1.29, 1.82) is 0 Å². The van der Waals surface area contributed by atoms with E-state index in [2.05, 4.69) is 16.2 Å². The molecule has 0 spiro atoms. The summed E-state index contributed by atoms with van der Waals surface area (Å²) in [7, 11) is 1.44. The lowest BCUT2D eigenvalue weighted by Crippen LogP contribution is -2.43. The van der Waals surface area contributed by atoms with Gasteiger partial charge in [-0.25, -0.2) is 0 Å². The average Bonchev–Trinajstić information content (AvgIpc) is 2.75. The Labute approximate surface area is 188 Å². The zero-order chi connectivity index (χ0) is 22.8. The van der Waals surface area contributed by atoms with E-state index in [0.29, 0.717) is 21.5 Å². The third kappa shape index (κ3) is 8.15. The van der Waals surface area contributed by atoms with Crippen LogP contribution >= 0.6 is 23.2 Å². The molecule has 3 amide bonds. The van der Waals surface area contributed by atoms with Crippen molar-refractivity contribution < 1.29 is 28.7 Å². The highest BCUT2D eigenvalue weighted by Crippen LogP contribution is 2.27. The Bertz CT molecular complexity index is 966. The summed E-state index contributed by atoms with van der Waals surface area (Å²) in [5.74, 6) is -2.12. The topological polar surface area (TPSA) is 123 Å². The number of amides is 3. The number of nitrogens with one attached hydrogen (secondary N) is 3. The summed E-state index contributed by atoms with van der Waals surface area (Å²) in [4.78, 5) is 47.3. The first-order chi connectivity index (χ1) is 14.8. The van der Waals surface area contributed by atoms with E-state index in [0.717, 1.165) is 0 Å². The first-order valence-electron chi connectivity index (χ1n) is 8.92. The fraction of sp³-hybridized carbons (Fsp3) is 0.200. The number of carbonyl (C=O) groups excluding carboxylic acids is 4. The number of anilines is 1. The number of methoxy groups -OCH3 is 1. The Morgan fingerprint density at radius 3 is 2.23 bits per heavy atom. The first kappa shape index (κ1) is 24.0. The maximum Gasteiger partial charge on any atom is 0.306 e. The molecule has 0 heterocycles. The van der Waals surface area contributed by atoms with Crippen LogP contribution in [0, 0.1) is 0 Å². The minimum Gasteiger partial charge on any atom is -0.495 e. The SMILES string of the molecule is COc1ccc(Cl)cc1NC(=O)CCC(=O)OCC(=O)NNC(=O)c1ccc(Cl)cc1. The van der Waals surface area contributed by atoms with Crippen molar-refractivity contribution in [3.05, 3.63) is 58.1 Å². The average molecular weight is 468 g/mol. The van der Waals surface area contributed by atoms with Gasteiger partial charge in [0.25, 0.3) is 11.8 Å². The van der Waals surface area contributed by atoms with E-state index >= 15 is 0 Å². The van der Waals surface area contributed by atoms with Gasteiger partial charge in [-0.15, -0.1) is 0 Å². The molecule has 0 saturated carbocycles. The summed E-state index contributed by atoms with van der Waals surface area (Å²) in [6, 6.07) is 10.7. The second-order valence-electron chi connectivity index (χ2n) is 6.06. The minimum atomic E-state index is -0.757. The summed E-state index contributed by atoms with van der Waals surface area (Å²) >= 11 is 11.6. The Balaban J connectivity index is 1.68. The molecule has 0 aliphatic heterocycles. The molecule has 0 aliphatic rings. The molecule has 0 radical (unpaired) electrons. The van der Waals surface area contributed by atoms with Gasteiger partial charge in [0, 0.05) is 22.0 Å². The maximum absolute atomic E-state index is 12.0. The van der Waals surface area contributed by atoms with Gasteiger partial charge in [-0.3, -0.25) is 30.0 Å². The number of hydrogen-bond acceptors (Lipinski definition) is 6. The standard InChI is InChI=1S/C20H19Cl2N3O6/c1-30-16-7-6-14(22)10-15(16)23-17(26)8-9-19(28)31-11-18(27)24-25-20(29)12-2-4-13(21)5-3-12/h2-7,10H,8-9,11H2,1H3,(H,23,26)(H,24,27)(H,25,29). The fourth-order valence-corrected chi connectivity index (χ4v) is 2.56. The van der Waals surface area contributed by atoms with Crippen LogP contribution in [-0.4, -0.2) is 37.4 Å². The van der Waals surface area contributed by atoms with Gasteiger partial charge in [0.2, 0.25) is 5.91 Å². The highest BCUT2D eigenvalue weighted by Gasteiger charge is 2.13. The summed E-state index contributed by atoms with van der Waals surface area (Å²) in [5, 5.41) is 3.46.